The molecule has 0 aliphatic carbocycles. The van der Waals surface area contributed by atoms with Crippen LogP contribution in [0.3, 0.4) is 0 Å². The molecule has 446 valence electrons. The summed E-state index contributed by atoms with van der Waals surface area (Å²) in [6.07, 6.45) is 11.3. The van der Waals surface area contributed by atoms with E-state index in [1.54, 1.807) is 0 Å². The summed E-state index contributed by atoms with van der Waals surface area (Å²) in [6, 6.07) is 74.9. The summed E-state index contributed by atoms with van der Waals surface area (Å²) in [7, 11) is 0. The first kappa shape index (κ1) is 59.9. The number of nitrogens with zero attached hydrogens (tertiary/aromatic N) is 2. The van der Waals surface area contributed by atoms with Crippen LogP contribution in [0.4, 0.5) is 34.1 Å². The first-order valence-electron chi connectivity index (χ1n) is 32.8. The molecule has 2 aliphatic heterocycles. The quantitative estimate of drug-likeness (QED) is 0.0952. The largest absolute Gasteiger partial charge is 0.493 e. The fourth-order valence-corrected chi connectivity index (χ4v) is 13.7. The van der Waals surface area contributed by atoms with Gasteiger partial charge in [0.2, 0.25) is 0 Å². The van der Waals surface area contributed by atoms with Crippen LogP contribution in [0, 0.1) is 34.6 Å². The van der Waals surface area contributed by atoms with Crippen molar-refractivity contribution < 1.29 is 4.74 Å². The van der Waals surface area contributed by atoms with Gasteiger partial charge in [-0.15, -0.1) is 0 Å². The van der Waals surface area contributed by atoms with Crippen LogP contribution in [-0.4, -0.2) is 6.61 Å². The van der Waals surface area contributed by atoms with Crippen LogP contribution < -0.4 is 14.5 Å². The maximum absolute atomic E-state index is 6.68. The van der Waals surface area contributed by atoms with Gasteiger partial charge < -0.3 is 14.5 Å². The van der Waals surface area contributed by atoms with Gasteiger partial charge in [-0.05, 0) is 257 Å². The third-order valence-corrected chi connectivity index (χ3v) is 18.9. The van der Waals surface area contributed by atoms with E-state index in [0.717, 1.165) is 55.7 Å². The second-order valence-corrected chi connectivity index (χ2v) is 27.6. The van der Waals surface area contributed by atoms with E-state index in [1.807, 2.05) is 0 Å². The van der Waals surface area contributed by atoms with Gasteiger partial charge in [0.05, 0.1) is 6.61 Å². The number of fused-ring (bicyclic) bond motifs is 4. The van der Waals surface area contributed by atoms with Crippen molar-refractivity contribution in [1.82, 2.24) is 0 Å². The van der Waals surface area contributed by atoms with Gasteiger partial charge in [-0.1, -0.05) is 207 Å². The third kappa shape index (κ3) is 12.5. The zero-order valence-corrected chi connectivity index (χ0v) is 54.6. The molecule has 0 saturated carbocycles. The normalized spacial score (nSPS) is 13.1. The van der Waals surface area contributed by atoms with Crippen molar-refractivity contribution in [3.63, 3.8) is 0 Å². The Hall–Kier alpha value is -8.40. The zero-order chi connectivity index (χ0) is 61.4. The van der Waals surface area contributed by atoms with Crippen LogP contribution in [0.25, 0.3) is 55.6 Å². The Morgan fingerprint density at radius 2 is 0.727 bits per heavy atom. The summed E-state index contributed by atoms with van der Waals surface area (Å²) in [5, 5.41) is 0. The maximum atomic E-state index is 6.68. The molecule has 0 unspecified atom stereocenters. The highest BCUT2D eigenvalue weighted by atomic mass is 16.5. The molecular formula is C85H90N2O. The van der Waals surface area contributed by atoms with E-state index >= 15 is 0 Å². The van der Waals surface area contributed by atoms with Crippen molar-refractivity contribution in [3.8, 4) is 61.4 Å². The Morgan fingerprint density at radius 1 is 0.330 bits per heavy atom. The molecule has 2 heterocycles. The molecule has 0 fully saturated rings. The minimum atomic E-state index is 0.0924. The smallest absolute Gasteiger partial charge is 0.127 e. The van der Waals surface area contributed by atoms with E-state index in [0.29, 0.717) is 0 Å². The topological polar surface area (TPSA) is 15.7 Å². The number of anilines is 6. The Bertz CT molecular complexity index is 4180. The van der Waals surface area contributed by atoms with Gasteiger partial charge in [-0.3, -0.25) is 0 Å². The first-order chi connectivity index (χ1) is 42.4. The van der Waals surface area contributed by atoms with Crippen LogP contribution >= 0.6 is 0 Å². The number of rotatable bonds is 15. The van der Waals surface area contributed by atoms with E-state index in [-0.39, 0.29) is 10.8 Å². The second kappa shape index (κ2) is 25.0. The van der Waals surface area contributed by atoms with E-state index in [1.165, 1.54) is 172 Å². The number of aryl methyl sites for hydroxylation is 9. The molecule has 0 saturated heterocycles. The lowest BCUT2D eigenvalue weighted by Gasteiger charge is -2.29. The Balaban J connectivity index is 0.900. The number of hydrogen-bond donors (Lipinski definition) is 0. The standard InChI is InChI=1S/C85H90N2O/c1-13-14-15-16-17-18-47-88-83-46-33-66(55-78(83)77-49-57(3)19-21-58(77)4)65-32-45-82-70(54-65)25-24-69-53-64(62-28-36-72(37-29-62)85(10,11)12)31-44-81(69)87(82)74-39-41-76(60(6)51-74)75-40-38-73(50-59(75)5)86-79-42-20-56(2)48-67(79)22-23-68-52-63(30-43-80(68)86)61-26-34-71(35-27-61)84(7,8)9/h19-21,26-46,48-55H,13-18,22-25,47H2,1-12H3. The van der Waals surface area contributed by atoms with Crippen LogP contribution in [-0.2, 0) is 36.5 Å². The van der Waals surface area contributed by atoms with Crippen molar-refractivity contribution in [1.29, 1.82) is 0 Å². The summed E-state index contributed by atoms with van der Waals surface area (Å²) < 4.78 is 6.68. The lowest BCUT2D eigenvalue weighted by atomic mass is 9.86. The van der Waals surface area contributed by atoms with E-state index < -0.39 is 0 Å². The minimum Gasteiger partial charge on any atom is -0.493 e. The van der Waals surface area contributed by atoms with Crippen molar-refractivity contribution in [3.05, 3.63) is 255 Å². The number of unbranched alkanes of at least 4 members (excludes halogenated alkanes) is 5. The molecule has 10 aromatic rings. The maximum Gasteiger partial charge on any atom is 0.127 e. The van der Waals surface area contributed by atoms with Gasteiger partial charge in [0, 0.05) is 39.7 Å². The van der Waals surface area contributed by atoms with Crippen molar-refractivity contribution in [2.75, 3.05) is 16.4 Å². The predicted molar refractivity (Wildman–Crippen MR) is 378 cm³/mol. The molecular weight excluding hydrogens is 1060 g/mol. The average Bonchev–Trinajstić information content (AvgIpc) is 2.66. The van der Waals surface area contributed by atoms with Crippen LogP contribution in [0.2, 0.25) is 0 Å². The highest BCUT2D eigenvalue weighted by molar-refractivity contribution is 5.89. The summed E-state index contributed by atoms with van der Waals surface area (Å²) in [5.74, 6) is 0.966. The summed E-state index contributed by atoms with van der Waals surface area (Å²) in [5.41, 5.74) is 34.4. The van der Waals surface area contributed by atoms with Crippen molar-refractivity contribution >= 4 is 34.1 Å². The molecule has 3 heteroatoms. The van der Waals surface area contributed by atoms with Gasteiger partial charge in [0.15, 0.2) is 0 Å². The van der Waals surface area contributed by atoms with Crippen LogP contribution in [0.15, 0.2) is 194 Å². The van der Waals surface area contributed by atoms with Crippen LogP contribution in [0.5, 0.6) is 5.75 Å². The molecule has 0 spiro atoms. The minimum absolute atomic E-state index is 0.0924. The summed E-state index contributed by atoms with van der Waals surface area (Å²) in [4.78, 5) is 5.07. The fourth-order valence-electron chi connectivity index (χ4n) is 13.7. The van der Waals surface area contributed by atoms with Gasteiger partial charge in [-0.25, -0.2) is 0 Å². The third-order valence-electron chi connectivity index (χ3n) is 18.9. The highest BCUT2D eigenvalue weighted by Crippen LogP contribution is 2.48. The molecule has 0 bridgehead atoms. The van der Waals surface area contributed by atoms with Crippen molar-refractivity contribution in [2.24, 2.45) is 0 Å². The molecule has 0 aromatic heterocycles. The fraction of sp³-hybridized carbons (Fsp3) is 0.294. The zero-order valence-electron chi connectivity index (χ0n) is 54.6. The second-order valence-electron chi connectivity index (χ2n) is 27.6. The summed E-state index contributed by atoms with van der Waals surface area (Å²) >= 11 is 0. The molecule has 88 heavy (non-hydrogen) atoms. The first-order valence-corrected chi connectivity index (χ1v) is 32.8. The number of hydrogen-bond acceptors (Lipinski definition) is 3. The van der Waals surface area contributed by atoms with E-state index in [4.69, 9.17) is 4.74 Å². The molecule has 0 radical (unpaired) electrons. The molecule has 10 aromatic carbocycles. The Labute approximate surface area is 527 Å². The Morgan fingerprint density at radius 3 is 1.20 bits per heavy atom. The molecule has 2 aliphatic rings. The number of ether oxygens (including phenoxy) is 1. The molecule has 0 amide bonds. The lowest BCUT2D eigenvalue weighted by molar-refractivity contribution is 0.305. The van der Waals surface area contributed by atoms with Gasteiger partial charge in [0.1, 0.15) is 5.75 Å². The predicted octanol–water partition coefficient (Wildman–Crippen LogP) is 24.0. The molecule has 3 nitrogen and oxygen atoms in total. The Kier molecular flexibility index (Phi) is 17.0. The molecule has 0 N–H and O–H groups in total. The SMILES string of the molecule is CCCCCCCCOc1ccc(-c2ccc3c(c2)CCc2cc(-c4ccc(C(C)(C)C)cc4)ccc2N3c2ccc(-c3ccc(N4c5ccc(C)cc5CCc5cc(-c6ccc(C(C)(C)C)cc6)ccc54)cc3C)c(C)c2)cc1-c1cc(C)ccc1C. The van der Waals surface area contributed by atoms with Gasteiger partial charge in [0.25, 0.3) is 0 Å². The van der Waals surface area contributed by atoms with Gasteiger partial charge in [-0.2, -0.15) is 0 Å². The molecule has 0 atom stereocenters. The van der Waals surface area contributed by atoms with E-state index in [2.05, 4.69) is 287 Å². The van der Waals surface area contributed by atoms with Crippen LogP contribution in [0.1, 0.15) is 148 Å². The molecule has 12 rings (SSSR count). The average molecular weight is 1160 g/mol. The van der Waals surface area contributed by atoms with Crippen molar-refractivity contribution in [2.45, 2.75) is 158 Å². The van der Waals surface area contributed by atoms with Gasteiger partial charge >= 0.3 is 0 Å². The highest BCUT2D eigenvalue weighted by Gasteiger charge is 2.27. The summed E-state index contributed by atoms with van der Waals surface area (Å²) in [6.45, 7) is 28.0. The lowest BCUT2D eigenvalue weighted by Crippen LogP contribution is -2.13. The number of benzene rings is 10. The monoisotopic (exact) mass is 1150 g/mol. The van der Waals surface area contributed by atoms with E-state index in [9.17, 15) is 0 Å².